The van der Waals surface area contributed by atoms with Crippen LogP contribution in [0.25, 0.3) is 0 Å². The molecule has 3 aliphatic heterocycles. The summed E-state index contributed by atoms with van der Waals surface area (Å²) in [5.74, 6) is 8.26. The van der Waals surface area contributed by atoms with Crippen molar-refractivity contribution < 1.29 is 28.8 Å². The Morgan fingerprint density at radius 3 is 1.22 bits per heavy atom. The van der Waals surface area contributed by atoms with Crippen molar-refractivity contribution in [1.82, 2.24) is 59.4 Å². The van der Waals surface area contributed by atoms with Gasteiger partial charge < -0.3 is 46.6 Å². The van der Waals surface area contributed by atoms with Gasteiger partial charge in [-0.25, -0.2) is 15.0 Å². The summed E-state index contributed by atoms with van der Waals surface area (Å²) in [6.07, 6.45) is 20.6. The van der Waals surface area contributed by atoms with Crippen LogP contribution in [0.15, 0.2) is 146 Å². The molecule has 0 spiro atoms. The number of H-pyrrole nitrogens is 1. The molecule has 0 atom stereocenters. The van der Waals surface area contributed by atoms with Gasteiger partial charge in [0.1, 0.15) is 34.7 Å². The quantitative estimate of drug-likeness (QED) is 0.0393. The molecule has 3 saturated heterocycles. The number of aromatic amines is 1. The van der Waals surface area contributed by atoms with Gasteiger partial charge in [-0.3, -0.25) is 43.2 Å². The van der Waals surface area contributed by atoms with Crippen LogP contribution in [0.4, 0.5) is 34.9 Å². The van der Waals surface area contributed by atoms with E-state index >= 15 is 0 Å². The Kier molecular flexibility index (Phi) is 26.3. The topological polar surface area (TPSA) is 311 Å². The number of aromatic nitrogens is 9. The number of nitrogens with one attached hydrogen (secondary N) is 7. The van der Waals surface area contributed by atoms with Gasteiger partial charge in [-0.1, -0.05) is 55.7 Å². The third-order valence-electron chi connectivity index (χ3n) is 18.1. The number of hydrogen-bond acceptors (Lipinski definition) is 16. The fraction of sp³-hybridized carbons (Fsp3) is 0.338. The van der Waals surface area contributed by atoms with Gasteiger partial charge in [-0.05, 0) is 187 Å². The van der Waals surface area contributed by atoms with Gasteiger partial charge >= 0.3 is 0 Å². The fourth-order valence-electron chi connectivity index (χ4n) is 12.5. The molecule has 12 rings (SSSR count). The van der Waals surface area contributed by atoms with Crippen LogP contribution >= 0.6 is 0 Å². The summed E-state index contributed by atoms with van der Waals surface area (Å²) < 4.78 is 3.01. The Labute approximate surface area is 613 Å². The van der Waals surface area contributed by atoms with Crippen LogP contribution in [0.5, 0.6) is 0 Å². The maximum Gasteiger partial charge on any atom is 0.274 e. The maximum atomic E-state index is 13.2. The summed E-state index contributed by atoms with van der Waals surface area (Å²) in [4.78, 5) is 95.2. The molecule has 25 nitrogen and oxygen atoms in total. The van der Waals surface area contributed by atoms with Crippen molar-refractivity contribution >= 4 is 70.4 Å². The molecule has 7 N–H and O–H groups in total. The molecule has 3 aliphatic rings. The van der Waals surface area contributed by atoms with Crippen LogP contribution < -0.4 is 31.9 Å². The number of likely N-dealkylation sites (tertiary alicyclic amines) is 3. The van der Waals surface area contributed by atoms with E-state index in [1.165, 1.54) is 44.6 Å². The fourth-order valence-corrected chi connectivity index (χ4v) is 12.5. The highest BCUT2D eigenvalue weighted by molar-refractivity contribution is 6.06. The van der Waals surface area contributed by atoms with Crippen molar-refractivity contribution in [3.05, 3.63) is 213 Å². The van der Waals surface area contributed by atoms with E-state index in [-0.39, 0.29) is 61.0 Å². The number of carbonyl (C=O) groups is 6. The van der Waals surface area contributed by atoms with E-state index in [1.54, 1.807) is 73.6 Å². The maximum absolute atomic E-state index is 13.2. The van der Waals surface area contributed by atoms with Gasteiger partial charge in [-0.15, -0.1) is 12.8 Å². The first-order valence-electron chi connectivity index (χ1n) is 34.9. The van der Waals surface area contributed by atoms with Crippen LogP contribution in [0.3, 0.4) is 0 Å². The van der Waals surface area contributed by atoms with E-state index in [0.29, 0.717) is 131 Å². The van der Waals surface area contributed by atoms with E-state index in [1.807, 2.05) is 99.9 Å². The Morgan fingerprint density at radius 1 is 0.457 bits per heavy atom. The Hall–Kier alpha value is -12.4. The minimum absolute atomic E-state index is 0. The first-order chi connectivity index (χ1) is 50.1. The summed E-state index contributed by atoms with van der Waals surface area (Å²) in [5.41, 5.74) is 8.41. The number of amides is 6. The van der Waals surface area contributed by atoms with Crippen LogP contribution in [0, 0.1) is 36.0 Å². The zero-order valence-electron chi connectivity index (χ0n) is 59.8. The summed E-state index contributed by atoms with van der Waals surface area (Å²) in [6.45, 7) is 16.0. The van der Waals surface area contributed by atoms with Crippen molar-refractivity contribution in [2.75, 3.05) is 71.2 Å². The second-order valence-corrected chi connectivity index (χ2v) is 26.8. The minimum Gasteiger partial charge on any atom is -0.368 e. The van der Waals surface area contributed by atoms with Crippen molar-refractivity contribution in [3.63, 3.8) is 0 Å². The first-order valence-corrected chi connectivity index (χ1v) is 34.9. The second kappa shape index (κ2) is 35.9. The van der Waals surface area contributed by atoms with E-state index in [2.05, 4.69) is 109 Å². The lowest BCUT2D eigenvalue weighted by atomic mass is 9.89. The van der Waals surface area contributed by atoms with Crippen LogP contribution in [-0.2, 0) is 14.1 Å². The number of rotatable bonds is 18. The molecule has 542 valence electrons. The number of nitriles is 1. The van der Waals surface area contributed by atoms with Crippen molar-refractivity contribution in [3.8, 4) is 30.8 Å². The zero-order valence-corrected chi connectivity index (χ0v) is 59.8. The standard InChI is InChI=1S/C27H30N6O2.C26H29N7O2.C26H28N6O2.CH4/c1-5-19-6-8-20(9-7-19)21-12-14-33(15-13-21)27(35)23-16-25(31-32(23)4)30-26(34)22-10-11-24(28-17-22)29-18(2)3;1-17(2)29-23-9-8-21(16-28-23)25(34)30-24-14-22(31-32(24)3)26(35)33-12-10-20(11-13-33)19-6-4-18(15-27)5-7-19;1-4-18-5-7-19(8-6-18)20-11-13-32(14-12-20)26(34)22-15-24(31-30-22)29-25(33)21-9-10-23(27-16-21)28-17(2)3;/h1,6-11,16-18,21H,12-15H2,2-4H3,(H,28,29)(H,30,31,34);4-9,14,16-17,20H,10-13H2,1-3H3,(H,28,29)(H,30,34);1,5-10,15-17,20H,11-14H2,2-3H3,(H,27,28)(H2,29,30,31,33);1H4. The summed E-state index contributed by atoms with van der Waals surface area (Å²) >= 11 is 0. The van der Waals surface area contributed by atoms with Crippen molar-refractivity contribution in [1.29, 1.82) is 5.26 Å². The average molecular weight is 1410 g/mol. The zero-order chi connectivity index (χ0) is 74.0. The molecule has 9 aromatic rings. The van der Waals surface area contributed by atoms with Crippen molar-refractivity contribution in [2.45, 2.75) is 123 Å². The van der Waals surface area contributed by atoms with Crippen LogP contribution in [0.2, 0.25) is 0 Å². The highest BCUT2D eigenvalue weighted by Gasteiger charge is 2.30. The number of aryl methyl sites for hydroxylation is 2. The SMILES string of the molecule is C.C#Cc1ccc(C2CCN(C(=O)c3cc(NC(=O)c4ccc(NC(C)C)nc4)n[nH]3)CC2)cc1.C#Cc1ccc(C2CCN(C(=O)c3cc(NC(=O)c4ccc(NC(C)C)nc4)nn3C)CC2)cc1.CC(C)Nc1ccc(C(=O)Nc2cc(C(=O)N3CCC(c4ccc(C#N)cc4)CC3)nn2C)cn1. The Balaban J connectivity index is 0.000000182. The van der Waals surface area contributed by atoms with E-state index in [4.69, 9.17) is 18.1 Å². The summed E-state index contributed by atoms with van der Waals surface area (Å²) in [5, 5.41) is 42.3. The third kappa shape index (κ3) is 20.7. The Morgan fingerprint density at radius 2 is 0.838 bits per heavy atom. The molecule has 0 bridgehead atoms. The van der Waals surface area contributed by atoms with E-state index in [9.17, 15) is 28.8 Å². The highest BCUT2D eigenvalue weighted by atomic mass is 16.2. The number of carbonyl (C=O) groups excluding carboxylic acids is 6. The molecular formula is C80H91N19O6. The number of anilines is 6. The van der Waals surface area contributed by atoms with Gasteiger partial charge in [0.05, 0.1) is 28.3 Å². The lowest BCUT2D eigenvalue weighted by Crippen LogP contribution is -2.38. The van der Waals surface area contributed by atoms with E-state index < -0.39 is 0 Å². The normalized spacial score (nSPS) is 13.8. The van der Waals surface area contributed by atoms with Crippen molar-refractivity contribution in [2.24, 2.45) is 14.1 Å². The lowest BCUT2D eigenvalue weighted by molar-refractivity contribution is 0.0695. The third-order valence-corrected chi connectivity index (χ3v) is 18.1. The first kappa shape index (κ1) is 76.7. The molecule has 3 aromatic carbocycles. The molecule has 0 aliphatic carbocycles. The van der Waals surface area contributed by atoms with Gasteiger partial charge in [0.2, 0.25) is 0 Å². The molecule has 3 fully saturated rings. The molecule has 0 unspecified atom stereocenters. The molecule has 6 amide bonds. The number of nitrogens with zero attached hydrogens (tertiary/aromatic N) is 12. The number of benzene rings is 3. The molecule has 0 saturated carbocycles. The predicted molar refractivity (Wildman–Crippen MR) is 408 cm³/mol. The molecule has 25 heteroatoms. The highest BCUT2D eigenvalue weighted by Crippen LogP contribution is 2.33. The monoisotopic (exact) mass is 1410 g/mol. The average Bonchev–Trinajstić information content (AvgIpc) is 1.70. The number of hydrogen-bond donors (Lipinski definition) is 7. The lowest BCUT2D eigenvalue weighted by Gasteiger charge is -2.32. The van der Waals surface area contributed by atoms with Crippen LogP contribution in [0.1, 0.15) is 201 Å². The smallest absolute Gasteiger partial charge is 0.274 e. The molecule has 9 heterocycles. The predicted octanol–water partition coefficient (Wildman–Crippen LogP) is 12.2. The van der Waals surface area contributed by atoms with Gasteiger partial charge in [0.25, 0.3) is 35.4 Å². The van der Waals surface area contributed by atoms with Gasteiger partial charge in [0.15, 0.2) is 17.3 Å². The van der Waals surface area contributed by atoms with E-state index in [0.717, 1.165) is 49.7 Å². The number of terminal acetylenes is 2. The molecular weight excluding hydrogens is 1320 g/mol. The Bertz CT molecular complexity index is 4570. The van der Waals surface area contributed by atoms with Crippen LogP contribution in [-0.4, -0.2) is 152 Å². The summed E-state index contributed by atoms with van der Waals surface area (Å²) in [6, 6.07) is 41.9. The van der Waals surface area contributed by atoms with Gasteiger partial charge in [-0.2, -0.15) is 20.6 Å². The largest absolute Gasteiger partial charge is 0.368 e. The number of piperidine rings is 3. The molecule has 105 heavy (non-hydrogen) atoms. The molecule has 6 aromatic heterocycles. The van der Waals surface area contributed by atoms with Gasteiger partial charge in [0, 0.05) is 119 Å². The molecule has 0 radical (unpaired) electrons. The summed E-state index contributed by atoms with van der Waals surface area (Å²) in [7, 11) is 3.40. The minimum atomic E-state index is -0.342. The number of pyridine rings is 3. The second-order valence-electron chi connectivity index (χ2n) is 26.8.